The standard InChI is InChI=1S/C30H50O3/c1-19-20(32)16-21(33)24-27(5)13-15-29(7)23-17-25(2,3)10-11-26(23,4)12-14-28(29,6)22(27)8-9-30(19,24)18-31/h19-20,22-24,31-32H,8-18H2,1-7H3. The molecule has 5 saturated carbocycles. The highest BCUT2D eigenvalue weighted by Gasteiger charge is 2.72. The first-order valence-corrected chi connectivity index (χ1v) is 14.0. The van der Waals surface area contributed by atoms with Gasteiger partial charge in [-0.2, -0.15) is 0 Å². The lowest BCUT2D eigenvalue weighted by Crippen LogP contribution is -2.70. The topological polar surface area (TPSA) is 57.5 Å². The molecule has 10 unspecified atom stereocenters. The van der Waals surface area contributed by atoms with Crippen molar-refractivity contribution in [2.75, 3.05) is 6.61 Å². The van der Waals surface area contributed by atoms with Crippen LogP contribution in [0.25, 0.3) is 0 Å². The molecule has 0 spiro atoms. The number of Topliss-reactive ketones (excluding diaryl/α,β-unsaturated/α-hetero) is 1. The Kier molecular flexibility index (Phi) is 5.22. The summed E-state index contributed by atoms with van der Waals surface area (Å²) in [4.78, 5) is 13.6. The average molecular weight is 459 g/mol. The molecule has 0 aromatic heterocycles. The number of aliphatic hydroxyl groups is 2. The molecule has 5 aliphatic carbocycles. The molecule has 0 heterocycles. The fourth-order valence-electron chi connectivity index (χ4n) is 11.3. The van der Waals surface area contributed by atoms with Gasteiger partial charge < -0.3 is 10.2 Å². The van der Waals surface area contributed by atoms with Gasteiger partial charge in [0.25, 0.3) is 0 Å². The van der Waals surface area contributed by atoms with Gasteiger partial charge in [-0.3, -0.25) is 4.79 Å². The minimum atomic E-state index is -0.606. The highest BCUT2D eigenvalue weighted by Crippen LogP contribution is 2.78. The molecular formula is C30H50O3. The van der Waals surface area contributed by atoms with Crippen LogP contribution in [-0.4, -0.2) is 28.7 Å². The third-order valence-electron chi connectivity index (χ3n) is 13.7. The van der Waals surface area contributed by atoms with E-state index in [1.807, 2.05) is 0 Å². The molecule has 33 heavy (non-hydrogen) atoms. The number of carbonyl (C=O) groups excluding carboxylic acids is 1. The maximum Gasteiger partial charge on any atom is 0.139 e. The minimum absolute atomic E-state index is 0.0158. The van der Waals surface area contributed by atoms with Crippen molar-refractivity contribution in [1.82, 2.24) is 0 Å². The van der Waals surface area contributed by atoms with Crippen molar-refractivity contribution in [3.05, 3.63) is 0 Å². The highest BCUT2D eigenvalue weighted by molar-refractivity contribution is 5.84. The van der Waals surface area contributed by atoms with E-state index in [9.17, 15) is 15.0 Å². The van der Waals surface area contributed by atoms with Crippen LogP contribution in [0.5, 0.6) is 0 Å². The lowest BCUT2D eigenvalue weighted by molar-refractivity contribution is -0.262. The summed E-state index contributed by atoms with van der Waals surface area (Å²) in [6, 6.07) is 0. The SMILES string of the molecule is CC1C(O)CC(=O)C2C3(C)CCC4(C)C5CC(C)(C)CCC5(C)CCC4(C)C3CCC12CO. The van der Waals surface area contributed by atoms with E-state index in [0.717, 1.165) is 25.2 Å². The van der Waals surface area contributed by atoms with Crippen molar-refractivity contribution in [3.8, 4) is 0 Å². The third-order valence-corrected chi connectivity index (χ3v) is 13.7. The maximum atomic E-state index is 13.6. The summed E-state index contributed by atoms with van der Waals surface area (Å²) in [6.45, 7) is 17.3. The Morgan fingerprint density at radius 1 is 0.848 bits per heavy atom. The minimum Gasteiger partial charge on any atom is -0.396 e. The molecule has 3 heteroatoms. The Labute approximate surface area is 202 Å². The first-order chi connectivity index (χ1) is 15.2. The molecule has 0 aromatic carbocycles. The van der Waals surface area contributed by atoms with Crippen LogP contribution in [0.2, 0.25) is 0 Å². The van der Waals surface area contributed by atoms with E-state index in [1.54, 1.807) is 0 Å². The van der Waals surface area contributed by atoms with Crippen molar-refractivity contribution >= 4 is 5.78 Å². The van der Waals surface area contributed by atoms with E-state index in [1.165, 1.54) is 38.5 Å². The second-order valence-corrected chi connectivity index (χ2v) is 15.4. The Bertz CT molecular complexity index is 834. The monoisotopic (exact) mass is 458 g/mol. The van der Waals surface area contributed by atoms with Gasteiger partial charge in [-0.15, -0.1) is 0 Å². The molecule has 0 aliphatic heterocycles. The van der Waals surface area contributed by atoms with Gasteiger partial charge in [0.05, 0.1) is 6.10 Å². The number of rotatable bonds is 1. The van der Waals surface area contributed by atoms with Crippen molar-refractivity contribution in [2.45, 2.75) is 119 Å². The normalized spacial score (nSPS) is 58.0. The molecule has 5 rings (SSSR count). The molecule has 0 saturated heterocycles. The van der Waals surface area contributed by atoms with Crippen LogP contribution in [0, 0.1) is 56.2 Å². The molecule has 3 nitrogen and oxygen atoms in total. The predicted octanol–water partition coefficient (Wildman–Crippen LogP) is 6.40. The number of ketones is 1. The molecule has 0 bridgehead atoms. The summed E-state index contributed by atoms with van der Waals surface area (Å²) in [5, 5.41) is 21.4. The van der Waals surface area contributed by atoms with Crippen LogP contribution < -0.4 is 0 Å². The lowest BCUT2D eigenvalue weighted by atomic mass is 9.30. The van der Waals surface area contributed by atoms with Gasteiger partial charge in [0.1, 0.15) is 5.78 Å². The van der Waals surface area contributed by atoms with Crippen molar-refractivity contribution in [3.63, 3.8) is 0 Å². The summed E-state index contributed by atoms with van der Waals surface area (Å²) in [6.07, 6.45) is 10.6. The van der Waals surface area contributed by atoms with Crippen LogP contribution >= 0.6 is 0 Å². The first kappa shape index (κ1) is 24.3. The van der Waals surface area contributed by atoms with Crippen LogP contribution in [0.4, 0.5) is 0 Å². The highest BCUT2D eigenvalue weighted by atomic mass is 16.3. The number of carbonyl (C=O) groups is 1. The first-order valence-electron chi connectivity index (χ1n) is 14.0. The summed E-state index contributed by atoms with van der Waals surface area (Å²) < 4.78 is 0. The number of hydrogen-bond acceptors (Lipinski definition) is 3. The molecule has 5 fully saturated rings. The Morgan fingerprint density at radius 2 is 1.45 bits per heavy atom. The second-order valence-electron chi connectivity index (χ2n) is 15.4. The van der Waals surface area contributed by atoms with Gasteiger partial charge in [0, 0.05) is 24.4 Å². The van der Waals surface area contributed by atoms with Gasteiger partial charge in [-0.1, -0.05) is 48.5 Å². The zero-order valence-corrected chi connectivity index (χ0v) is 22.5. The van der Waals surface area contributed by atoms with Gasteiger partial charge in [0.2, 0.25) is 0 Å². The fourth-order valence-corrected chi connectivity index (χ4v) is 11.3. The average Bonchev–Trinajstić information content (AvgIpc) is 2.74. The molecule has 0 amide bonds. The molecule has 188 valence electrons. The van der Waals surface area contributed by atoms with Crippen LogP contribution in [-0.2, 0) is 4.79 Å². The van der Waals surface area contributed by atoms with Crippen LogP contribution in [0.3, 0.4) is 0 Å². The number of fused-ring (bicyclic) bond motifs is 7. The van der Waals surface area contributed by atoms with Crippen molar-refractivity contribution < 1.29 is 15.0 Å². The van der Waals surface area contributed by atoms with Crippen LogP contribution in [0.15, 0.2) is 0 Å². The molecule has 10 atom stereocenters. The third kappa shape index (κ3) is 2.90. The predicted molar refractivity (Wildman–Crippen MR) is 133 cm³/mol. The molecule has 2 N–H and O–H groups in total. The molecule has 5 aliphatic rings. The Balaban J connectivity index is 1.58. The number of aliphatic hydroxyl groups excluding tert-OH is 2. The van der Waals surface area contributed by atoms with E-state index in [-0.39, 0.29) is 41.5 Å². The van der Waals surface area contributed by atoms with Gasteiger partial charge >= 0.3 is 0 Å². The van der Waals surface area contributed by atoms with Crippen LogP contribution in [0.1, 0.15) is 113 Å². The summed E-state index contributed by atoms with van der Waals surface area (Å²) in [7, 11) is 0. The summed E-state index contributed by atoms with van der Waals surface area (Å²) in [5.41, 5.74) is 0.914. The molecule has 0 aromatic rings. The van der Waals surface area contributed by atoms with Crippen molar-refractivity contribution in [1.29, 1.82) is 0 Å². The number of hydrogen-bond donors (Lipinski definition) is 2. The smallest absolute Gasteiger partial charge is 0.139 e. The quantitative estimate of drug-likeness (QED) is 0.478. The zero-order chi connectivity index (χ0) is 24.2. The summed E-state index contributed by atoms with van der Waals surface area (Å²) >= 11 is 0. The van der Waals surface area contributed by atoms with Gasteiger partial charge in [0.15, 0.2) is 0 Å². The lowest BCUT2D eigenvalue weighted by Gasteiger charge is -2.74. The van der Waals surface area contributed by atoms with Gasteiger partial charge in [-0.05, 0) is 103 Å². The summed E-state index contributed by atoms with van der Waals surface area (Å²) in [5.74, 6) is 1.38. The Hall–Kier alpha value is -0.410. The fraction of sp³-hybridized carbons (Fsp3) is 0.967. The van der Waals surface area contributed by atoms with E-state index < -0.39 is 11.5 Å². The molecule has 0 radical (unpaired) electrons. The Morgan fingerprint density at radius 3 is 2.12 bits per heavy atom. The van der Waals surface area contributed by atoms with E-state index >= 15 is 0 Å². The van der Waals surface area contributed by atoms with E-state index in [4.69, 9.17) is 0 Å². The van der Waals surface area contributed by atoms with E-state index in [0.29, 0.717) is 22.2 Å². The van der Waals surface area contributed by atoms with E-state index in [2.05, 4.69) is 48.5 Å². The van der Waals surface area contributed by atoms with Gasteiger partial charge in [-0.25, -0.2) is 0 Å². The largest absolute Gasteiger partial charge is 0.396 e. The maximum absolute atomic E-state index is 13.6. The molecular weight excluding hydrogens is 408 g/mol. The van der Waals surface area contributed by atoms with Crippen molar-refractivity contribution in [2.24, 2.45) is 56.2 Å². The zero-order valence-electron chi connectivity index (χ0n) is 22.5. The second kappa shape index (κ2) is 7.09.